The number of benzene rings is 1. The van der Waals surface area contributed by atoms with E-state index in [-0.39, 0.29) is 5.41 Å². The van der Waals surface area contributed by atoms with Gasteiger partial charge in [-0.25, -0.2) is 0 Å². The van der Waals surface area contributed by atoms with E-state index in [2.05, 4.69) is 50.4 Å². The first kappa shape index (κ1) is 13.2. The number of rotatable bonds is 5. The van der Waals surface area contributed by atoms with Gasteiger partial charge in [0.15, 0.2) is 0 Å². The molecule has 2 heteroatoms. The van der Waals surface area contributed by atoms with Crippen LogP contribution < -0.4 is 5.32 Å². The first-order valence-corrected chi connectivity index (χ1v) is 5.83. The van der Waals surface area contributed by atoms with Gasteiger partial charge in [0, 0.05) is 20.2 Å². The molecule has 1 aromatic rings. The molecule has 16 heavy (non-hydrogen) atoms. The number of ether oxygens (including phenoxy) is 1. The fourth-order valence-corrected chi connectivity index (χ4v) is 1.55. The van der Waals surface area contributed by atoms with Gasteiger partial charge in [-0.05, 0) is 16.5 Å². The van der Waals surface area contributed by atoms with Crippen LogP contribution in [0.5, 0.6) is 0 Å². The van der Waals surface area contributed by atoms with Crippen LogP contribution in [-0.2, 0) is 16.7 Å². The average Bonchev–Trinajstić information content (AvgIpc) is 2.24. The summed E-state index contributed by atoms with van der Waals surface area (Å²) in [7, 11) is 1.72. The Balaban J connectivity index is 2.54. The van der Waals surface area contributed by atoms with Crippen molar-refractivity contribution in [2.24, 2.45) is 0 Å². The Kier molecular flexibility index (Phi) is 4.97. The quantitative estimate of drug-likeness (QED) is 0.772. The molecule has 1 N–H and O–H groups in total. The highest BCUT2D eigenvalue weighted by Crippen LogP contribution is 2.22. The Morgan fingerprint density at radius 2 is 2.00 bits per heavy atom. The van der Waals surface area contributed by atoms with Gasteiger partial charge < -0.3 is 10.1 Å². The van der Waals surface area contributed by atoms with Crippen molar-refractivity contribution >= 4 is 0 Å². The highest BCUT2D eigenvalue weighted by molar-refractivity contribution is 5.28. The Bertz CT molecular complexity index is 315. The zero-order valence-corrected chi connectivity index (χ0v) is 10.8. The zero-order valence-electron chi connectivity index (χ0n) is 10.8. The minimum atomic E-state index is 0.225. The molecule has 0 saturated heterocycles. The highest BCUT2D eigenvalue weighted by atomic mass is 16.5. The SMILES string of the molecule is COCCNCc1cccc(C(C)(C)C)c1. The second-order valence-corrected chi connectivity index (χ2v) is 5.12. The number of hydrogen-bond acceptors (Lipinski definition) is 2. The number of methoxy groups -OCH3 is 1. The Morgan fingerprint density at radius 3 is 2.62 bits per heavy atom. The molecule has 90 valence electrons. The molecule has 0 fully saturated rings. The molecular weight excluding hydrogens is 198 g/mol. The van der Waals surface area contributed by atoms with Crippen LogP contribution >= 0.6 is 0 Å². The average molecular weight is 221 g/mol. The molecule has 0 spiro atoms. The maximum Gasteiger partial charge on any atom is 0.0587 e. The highest BCUT2D eigenvalue weighted by Gasteiger charge is 2.13. The van der Waals surface area contributed by atoms with Crippen LogP contribution in [0.15, 0.2) is 24.3 Å². The molecule has 1 rings (SSSR count). The van der Waals surface area contributed by atoms with Crippen LogP contribution in [0.1, 0.15) is 31.9 Å². The van der Waals surface area contributed by atoms with Crippen molar-refractivity contribution in [3.8, 4) is 0 Å². The normalized spacial score (nSPS) is 11.8. The summed E-state index contributed by atoms with van der Waals surface area (Å²) in [5.41, 5.74) is 2.95. The largest absolute Gasteiger partial charge is 0.383 e. The lowest BCUT2D eigenvalue weighted by Crippen LogP contribution is -2.19. The van der Waals surface area contributed by atoms with Crippen LogP contribution in [0, 0.1) is 0 Å². The third kappa shape index (κ3) is 4.33. The van der Waals surface area contributed by atoms with E-state index in [1.54, 1.807) is 7.11 Å². The molecule has 0 aliphatic heterocycles. The molecular formula is C14H23NO. The van der Waals surface area contributed by atoms with E-state index in [1.165, 1.54) is 11.1 Å². The molecule has 0 aliphatic rings. The molecule has 0 radical (unpaired) electrons. The summed E-state index contributed by atoms with van der Waals surface area (Å²) in [6.45, 7) is 9.29. The minimum absolute atomic E-state index is 0.225. The summed E-state index contributed by atoms with van der Waals surface area (Å²) >= 11 is 0. The monoisotopic (exact) mass is 221 g/mol. The van der Waals surface area contributed by atoms with Crippen molar-refractivity contribution in [1.29, 1.82) is 0 Å². The summed E-state index contributed by atoms with van der Waals surface area (Å²) in [5.74, 6) is 0. The van der Waals surface area contributed by atoms with Crippen LogP contribution in [0.2, 0.25) is 0 Å². The van der Waals surface area contributed by atoms with E-state index in [0.717, 1.165) is 19.7 Å². The number of nitrogens with one attached hydrogen (secondary N) is 1. The summed E-state index contributed by atoms with van der Waals surface area (Å²) in [6.07, 6.45) is 0. The predicted octanol–water partition coefficient (Wildman–Crippen LogP) is 2.72. The van der Waals surface area contributed by atoms with Gasteiger partial charge in [-0.2, -0.15) is 0 Å². The van der Waals surface area contributed by atoms with E-state index in [0.29, 0.717) is 0 Å². The number of hydrogen-bond donors (Lipinski definition) is 1. The van der Waals surface area contributed by atoms with Crippen LogP contribution in [0.25, 0.3) is 0 Å². The van der Waals surface area contributed by atoms with Crippen molar-refractivity contribution in [3.05, 3.63) is 35.4 Å². The summed E-state index contributed by atoms with van der Waals surface area (Å²) in [4.78, 5) is 0. The van der Waals surface area contributed by atoms with Gasteiger partial charge in [-0.3, -0.25) is 0 Å². The van der Waals surface area contributed by atoms with Crippen LogP contribution in [0.3, 0.4) is 0 Å². The Hall–Kier alpha value is -0.860. The second-order valence-electron chi connectivity index (χ2n) is 5.12. The van der Waals surface area contributed by atoms with Crippen LogP contribution in [-0.4, -0.2) is 20.3 Å². The lowest BCUT2D eigenvalue weighted by molar-refractivity contribution is 0.199. The minimum Gasteiger partial charge on any atom is -0.383 e. The Morgan fingerprint density at radius 1 is 1.25 bits per heavy atom. The summed E-state index contributed by atoms with van der Waals surface area (Å²) in [6, 6.07) is 8.77. The van der Waals surface area contributed by atoms with E-state index >= 15 is 0 Å². The first-order valence-electron chi connectivity index (χ1n) is 5.83. The maximum atomic E-state index is 5.00. The van der Waals surface area contributed by atoms with E-state index in [9.17, 15) is 0 Å². The van der Waals surface area contributed by atoms with Crippen molar-refractivity contribution in [2.45, 2.75) is 32.7 Å². The lowest BCUT2D eigenvalue weighted by atomic mass is 9.86. The standard InChI is InChI=1S/C14H23NO/c1-14(2,3)13-7-5-6-12(10-13)11-15-8-9-16-4/h5-7,10,15H,8-9,11H2,1-4H3. The van der Waals surface area contributed by atoms with Crippen molar-refractivity contribution in [1.82, 2.24) is 5.32 Å². The van der Waals surface area contributed by atoms with Gasteiger partial charge in [-0.1, -0.05) is 45.0 Å². The third-order valence-electron chi connectivity index (χ3n) is 2.61. The van der Waals surface area contributed by atoms with Gasteiger partial charge in [0.25, 0.3) is 0 Å². The van der Waals surface area contributed by atoms with E-state index in [4.69, 9.17) is 4.74 Å². The predicted molar refractivity (Wildman–Crippen MR) is 68.7 cm³/mol. The van der Waals surface area contributed by atoms with Gasteiger partial charge in [-0.15, -0.1) is 0 Å². The molecule has 0 atom stereocenters. The van der Waals surface area contributed by atoms with Crippen molar-refractivity contribution in [2.75, 3.05) is 20.3 Å². The van der Waals surface area contributed by atoms with E-state index < -0.39 is 0 Å². The fraction of sp³-hybridized carbons (Fsp3) is 0.571. The smallest absolute Gasteiger partial charge is 0.0587 e. The zero-order chi connectivity index (χ0) is 12.0. The molecule has 0 bridgehead atoms. The van der Waals surface area contributed by atoms with Gasteiger partial charge in [0.2, 0.25) is 0 Å². The molecule has 0 heterocycles. The second kappa shape index (κ2) is 6.02. The maximum absolute atomic E-state index is 5.00. The van der Waals surface area contributed by atoms with Crippen molar-refractivity contribution in [3.63, 3.8) is 0 Å². The lowest BCUT2D eigenvalue weighted by Gasteiger charge is -2.19. The molecule has 0 saturated carbocycles. The summed E-state index contributed by atoms with van der Waals surface area (Å²) < 4.78 is 5.00. The van der Waals surface area contributed by atoms with Gasteiger partial charge in [0.1, 0.15) is 0 Å². The van der Waals surface area contributed by atoms with Crippen molar-refractivity contribution < 1.29 is 4.74 Å². The fourth-order valence-electron chi connectivity index (χ4n) is 1.55. The first-order chi connectivity index (χ1) is 7.54. The molecule has 1 aromatic carbocycles. The topological polar surface area (TPSA) is 21.3 Å². The Labute approximate surface area is 99.0 Å². The van der Waals surface area contributed by atoms with Gasteiger partial charge in [0.05, 0.1) is 6.61 Å². The molecule has 0 amide bonds. The molecule has 0 aromatic heterocycles. The van der Waals surface area contributed by atoms with Gasteiger partial charge >= 0.3 is 0 Å². The van der Waals surface area contributed by atoms with E-state index in [1.807, 2.05) is 0 Å². The molecule has 0 unspecified atom stereocenters. The molecule has 2 nitrogen and oxygen atoms in total. The summed E-state index contributed by atoms with van der Waals surface area (Å²) in [5, 5.41) is 3.36. The molecule has 0 aliphatic carbocycles. The van der Waals surface area contributed by atoms with Crippen LogP contribution in [0.4, 0.5) is 0 Å². The third-order valence-corrected chi connectivity index (χ3v) is 2.61.